The maximum Gasteiger partial charge on any atom is 0.258 e. The predicted octanol–water partition coefficient (Wildman–Crippen LogP) is 1.20. The molecule has 5 nitrogen and oxygen atoms in total. The van der Waals surface area contributed by atoms with Gasteiger partial charge in [0.25, 0.3) is 6.09 Å². The van der Waals surface area contributed by atoms with E-state index in [0.29, 0.717) is 6.54 Å². The van der Waals surface area contributed by atoms with Crippen LogP contribution in [0.15, 0.2) is 0 Å². The van der Waals surface area contributed by atoms with Crippen molar-refractivity contribution in [2.45, 2.75) is 77.2 Å². The minimum absolute atomic E-state index is 0.127. The average molecular weight is 298 g/mol. The van der Waals surface area contributed by atoms with Gasteiger partial charge in [0.15, 0.2) is 6.04 Å². The summed E-state index contributed by atoms with van der Waals surface area (Å²) in [4.78, 5) is 21.8. The highest BCUT2D eigenvalue weighted by molar-refractivity contribution is 5.76. The molecule has 21 heavy (non-hydrogen) atoms. The molecular weight excluding hydrogens is 270 g/mol. The summed E-state index contributed by atoms with van der Waals surface area (Å²) in [5.74, 6) is -1.27. The third kappa shape index (κ3) is 5.65. The maximum atomic E-state index is 11.1. The lowest BCUT2D eigenvalue weighted by atomic mass is 10.1. The molecule has 0 radical (unpaired) electrons. The quantitative estimate of drug-likeness (QED) is 0.308. The van der Waals surface area contributed by atoms with E-state index in [1.165, 1.54) is 44.9 Å². The van der Waals surface area contributed by atoms with Gasteiger partial charge in [0.1, 0.15) is 12.5 Å². The topological polar surface area (TPSA) is 80.3 Å². The van der Waals surface area contributed by atoms with Crippen LogP contribution < -0.4 is 10.2 Å². The molecule has 122 valence electrons. The Morgan fingerprint density at radius 2 is 1.38 bits per heavy atom. The minimum atomic E-state index is -1.28. The summed E-state index contributed by atoms with van der Waals surface area (Å²) >= 11 is 0. The average Bonchev–Trinajstić information content (AvgIpc) is 3.17. The Balaban J connectivity index is 2.01. The van der Waals surface area contributed by atoms with Gasteiger partial charge in [-0.15, -0.1) is 0 Å². The molecule has 0 bridgehead atoms. The van der Waals surface area contributed by atoms with Crippen LogP contribution in [0.2, 0.25) is 0 Å². The van der Waals surface area contributed by atoms with Gasteiger partial charge in [-0.25, -0.2) is 0 Å². The Hall–Kier alpha value is -1.10. The molecule has 1 fully saturated rings. The summed E-state index contributed by atoms with van der Waals surface area (Å²) in [6.45, 7) is 2.70. The smallest absolute Gasteiger partial charge is 0.258 e. The van der Waals surface area contributed by atoms with E-state index < -0.39 is 22.6 Å². The summed E-state index contributed by atoms with van der Waals surface area (Å²) < 4.78 is -0.431. The van der Waals surface area contributed by atoms with E-state index in [9.17, 15) is 19.8 Å². The van der Waals surface area contributed by atoms with Crippen LogP contribution in [0.4, 0.5) is 4.79 Å². The molecule has 1 saturated heterocycles. The molecular formula is C16H28NO4-. The molecule has 5 heteroatoms. The third-order valence-corrected chi connectivity index (χ3v) is 4.51. The summed E-state index contributed by atoms with van der Waals surface area (Å²) in [5, 5.41) is 21.8. The van der Waals surface area contributed by atoms with Crippen molar-refractivity contribution < 1.29 is 24.3 Å². The van der Waals surface area contributed by atoms with Crippen LogP contribution in [-0.2, 0) is 4.79 Å². The van der Waals surface area contributed by atoms with Crippen molar-refractivity contribution in [1.29, 1.82) is 0 Å². The number of carboxylic acids is 1. The molecule has 0 aromatic carbocycles. The second kappa shape index (κ2) is 9.03. The molecule has 0 spiro atoms. The lowest BCUT2D eigenvalue weighted by Gasteiger charge is -2.20. The Labute approximate surface area is 127 Å². The van der Waals surface area contributed by atoms with E-state index in [0.717, 1.165) is 19.3 Å². The van der Waals surface area contributed by atoms with Gasteiger partial charge in [-0.05, 0) is 12.8 Å². The lowest BCUT2D eigenvalue weighted by Crippen LogP contribution is -2.49. The molecule has 1 rings (SSSR count). The predicted molar refractivity (Wildman–Crippen MR) is 76.0 cm³/mol. The first-order valence-corrected chi connectivity index (χ1v) is 8.33. The van der Waals surface area contributed by atoms with Crippen molar-refractivity contribution in [3.05, 3.63) is 0 Å². The first-order chi connectivity index (χ1) is 10.0. The number of rotatable bonds is 12. The lowest BCUT2D eigenvalue weighted by molar-refractivity contribution is -0.761. The van der Waals surface area contributed by atoms with Crippen molar-refractivity contribution >= 4 is 12.1 Å². The van der Waals surface area contributed by atoms with Crippen LogP contribution in [0.25, 0.3) is 0 Å². The summed E-state index contributed by atoms with van der Waals surface area (Å²) in [7, 11) is 0. The van der Waals surface area contributed by atoms with Crippen LogP contribution in [0, 0.1) is 0 Å². The number of hydrogen-bond acceptors (Lipinski definition) is 4. The van der Waals surface area contributed by atoms with Crippen molar-refractivity contribution in [1.82, 2.24) is 0 Å². The monoisotopic (exact) mass is 298 g/mol. The largest absolute Gasteiger partial charge is 0.544 e. The second-order valence-electron chi connectivity index (χ2n) is 6.22. The van der Waals surface area contributed by atoms with Crippen molar-refractivity contribution in [2.24, 2.45) is 0 Å². The maximum absolute atomic E-state index is 11.1. The number of nitrogens with zero attached hydrogens (tertiary/aromatic N) is 1. The molecule has 0 aromatic heterocycles. The highest BCUT2D eigenvalue weighted by Gasteiger charge is 2.57. The van der Waals surface area contributed by atoms with E-state index in [1.807, 2.05) is 0 Å². The first-order valence-electron chi connectivity index (χ1n) is 8.33. The number of carboxylic acid groups (broad SMARTS) is 2. The molecule has 1 heterocycles. The zero-order valence-electron chi connectivity index (χ0n) is 13.1. The SMILES string of the molecule is CCCCCCCCCCCC[N+]1(C(=O)[O-])CC1C(=O)[O-]. The van der Waals surface area contributed by atoms with Crippen LogP contribution in [0.1, 0.15) is 71.1 Å². The molecule has 2 unspecified atom stereocenters. The summed E-state index contributed by atoms with van der Waals surface area (Å²) in [6, 6.07) is -0.895. The zero-order chi connectivity index (χ0) is 15.7. The molecule has 0 N–H and O–H groups in total. The molecule has 1 aliphatic rings. The Bertz CT molecular complexity index is 345. The number of amides is 1. The van der Waals surface area contributed by atoms with Crippen LogP contribution >= 0.6 is 0 Å². The second-order valence-corrected chi connectivity index (χ2v) is 6.22. The van der Waals surface area contributed by atoms with E-state index in [2.05, 4.69) is 6.92 Å². The molecule has 2 atom stereocenters. The highest BCUT2D eigenvalue weighted by Crippen LogP contribution is 2.31. The normalized spacial score (nSPS) is 24.0. The molecule has 0 saturated carbocycles. The Kier molecular flexibility index (Phi) is 7.72. The van der Waals surface area contributed by atoms with Gasteiger partial charge in [-0.2, -0.15) is 0 Å². The van der Waals surface area contributed by atoms with E-state index in [4.69, 9.17) is 0 Å². The molecule has 0 aliphatic carbocycles. The van der Waals surface area contributed by atoms with Gasteiger partial charge < -0.3 is 19.8 Å². The van der Waals surface area contributed by atoms with Crippen molar-refractivity contribution in [2.75, 3.05) is 13.1 Å². The van der Waals surface area contributed by atoms with Crippen LogP contribution in [-0.4, -0.2) is 35.7 Å². The van der Waals surface area contributed by atoms with Crippen LogP contribution in [0.5, 0.6) is 0 Å². The fourth-order valence-electron chi connectivity index (χ4n) is 2.96. The zero-order valence-corrected chi connectivity index (χ0v) is 13.1. The molecule has 1 aliphatic heterocycles. The van der Waals surface area contributed by atoms with Gasteiger partial charge in [0.2, 0.25) is 0 Å². The first kappa shape index (κ1) is 18.0. The number of unbranched alkanes of at least 4 members (excludes halogenated alkanes) is 9. The minimum Gasteiger partial charge on any atom is -0.544 e. The number of aliphatic carboxylic acids is 1. The number of carbonyl (C=O) groups excluding carboxylic acids is 2. The summed E-state index contributed by atoms with van der Waals surface area (Å²) in [6.07, 6.45) is 10.5. The fraction of sp³-hybridized carbons (Fsp3) is 0.875. The van der Waals surface area contributed by atoms with Gasteiger partial charge in [0.05, 0.1) is 6.54 Å². The molecule has 1 amide bonds. The van der Waals surface area contributed by atoms with Gasteiger partial charge >= 0.3 is 0 Å². The fourth-order valence-corrected chi connectivity index (χ4v) is 2.96. The number of carbonyl (C=O) groups is 2. The van der Waals surface area contributed by atoms with Crippen molar-refractivity contribution in [3.63, 3.8) is 0 Å². The van der Waals surface area contributed by atoms with Crippen LogP contribution in [0.3, 0.4) is 0 Å². The molecule has 0 aromatic rings. The highest BCUT2D eigenvalue weighted by atomic mass is 16.4. The van der Waals surface area contributed by atoms with Gasteiger partial charge in [-0.1, -0.05) is 58.3 Å². The van der Waals surface area contributed by atoms with E-state index in [-0.39, 0.29) is 6.54 Å². The Morgan fingerprint density at radius 3 is 1.76 bits per heavy atom. The number of quaternary nitrogens is 1. The van der Waals surface area contributed by atoms with Crippen molar-refractivity contribution in [3.8, 4) is 0 Å². The van der Waals surface area contributed by atoms with E-state index >= 15 is 0 Å². The number of hydrogen-bond donors (Lipinski definition) is 0. The third-order valence-electron chi connectivity index (χ3n) is 4.51. The van der Waals surface area contributed by atoms with Gasteiger partial charge in [-0.3, -0.25) is 4.48 Å². The Morgan fingerprint density at radius 1 is 0.905 bits per heavy atom. The van der Waals surface area contributed by atoms with Gasteiger partial charge in [0, 0.05) is 0 Å². The standard InChI is InChI=1S/C16H29NO4/c1-2-3-4-5-6-7-8-9-10-11-12-17(16(20)21)13-14(17)15(18)19/h14H,2-13H2,1H3,(H-,18,19,20,21)/p-1. The van der Waals surface area contributed by atoms with E-state index in [1.54, 1.807) is 0 Å². The summed E-state index contributed by atoms with van der Waals surface area (Å²) in [5.41, 5.74) is 0.